The van der Waals surface area contributed by atoms with Gasteiger partial charge in [-0.1, -0.05) is 25.1 Å². The highest BCUT2D eigenvalue weighted by atomic mass is 16.3. The van der Waals surface area contributed by atoms with Crippen LogP contribution in [0.3, 0.4) is 0 Å². The quantitative estimate of drug-likeness (QED) is 0.838. The van der Waals surface area contributed by atoms with Crippen molar-refractivity contribution < 1.29 is 5.11 Å². The topological polar surface area (TPSA) is 32.3 Å². The van der Waals surface area contributed by atoms with Crippen molar-refractivity contribution in [3.8, 4) is 0 Å². The van der Waals surface area contributed by atoms with Gasteiger partial charge >= 0.3 is 0 Å². The lowest BCUT2D eigenvalue weighted by Gasteiger charge is -2.20. The Morgan fingerprint density at radius 1 is 1.22 bits per heavy atom. The molecule has 1 aliphatic carbocycles. The highest BCUT2D eigenvalue weighted by Crippen LogP contribution is 2.24. The lowest BCUT2D eigenvalue weighted by Crippen LogP contribution is -2.29. The van der Waals surface area contributed by atoms with Crippen LogP contribution in [0.4, 0.5) is 0 Å². The minimum absolute atomic E-state index is 0.383. The Balaban J connectivity index is 1.99. The second-order valence-corrected chi connectivity index (χ2v) is 5.47. The van der Waals surface area contributed by atoms with E-state index < -0.39 is 0 Å². The molecule has 0 unspecified atom stereocenters. The minimum atomic E-state index is -0.383. The van der Waals surface area contributed by atoms with E-state index in [2.05, 4.69) is 37.4 Å². The van der Waals surface area contributed by atoms with E-state index in [-0.39, 0.29) is 6.10 Å². The van der Waals surface area contributed by atoms with Gasteiger partial charge in [0.05, 0.1) is 6.10 Å². The normalized spacial score (nSPS) is 18.2. The fourth-order valence-electron chi connectivity index (χ4n) is 2.54. The van der Waals surface area contributed by atoms with Crippen molar-refractivity contribution in [2.75, 3.05) is 6.54 Å². The number of fused-ring (bicyclic) bond motifs is 1. The fraction of sp³-hybridized carbons (Fsp3) is 0.625. The summed E-state index contributed by atoms with van der Waals surface area (Å²) in [6.07, 6.45) is 5.69. The van der Waals surface area contributed by atoms with Gasteiger partial charge in [0, 0.05) is 12.6 Å². The van der Waals surface area contributed by atoms with Crippen molar-refractivity contribution in [1.82, 2.24) is 5.32 Å². The fourth-order valence-corrected chi connectivity index (χ4v) is 2.54. The van der Waals surface area contributed by atoms with Crippen LogP contribution in [0.1, 0.15) is 55.9 Å². The molecule has 0 saturated carbocycles. The summed E-state index contributed by atoms with van der Waals surface area (Å²) < 4.78 is 0. The van der Waals surface area contributed by atoms with E-state index in [0.29, 0.717) is 12.6 Å². The number of aryl methyl sites for hydroxylation is 2. The Morgan fingerprint density at radius 2 is 1.94 bits per heavy atom. The summed E-state index contributed by atoms with van der Waals surface area (Å²) in [5.41, 5.74) is 3.99. The van der Waals surface area contributed by atoms with Gasteiger partial charge < -0.3 is 10.4 Å². The summed E-state index contributed by atoms with van der Waals surface area (Å²) in [5, 5.41) is 13.6. The molecule has 2 heteroatoms. The molecule has 0 fully saturated rings. The Kier molecular flexibility index (Phi) is 4.79. The van der Waals surface area contributed by atoms with Crippen LogP contribution in [0.25, 0.3) is 0 Å². The average Bonchev–Trinajstić information content (AvgIpc) is 2.43. The van der Waals surface area contributed by atoms with Crippen LogP contribution in [0.2, 0.25) is 0 Å². The van der Waals surface area contributed by atoms with Gasteiger partial charge in [0.15, 0.2) is 0 Å². The Bertz CT molecular complexity index is 389. The molecule has 1 aliphatic rings. The van der Waals surface area contributed by atoms with Crippen LogP contribution in [0.15, 0.2) is 18.2 Å². The maximum atomic E-state index is 10.2. The number of rotatable bonds is 5. The van der Waals surface area contributed by atoms with Crippen molar-refractivity contribution >= 4 is 0 Å². The van der Waals surface area contributed by atoms with E-state index in [1.54, 1.807) is 0 Å². The summed E-state index contributed by atoms with van der Waals surface area (Å²) in [4.78, 5) is 0. The second kappa shape index (κ2) is 6.35. The number of nitrogens with one attached hydrogen (secondary N) is 1. The first-order chi connectivity index (χ1) is 8.70. The van der Waals surface area contributed by atoms with Gasteiger partial charge in [0.2, 0.25) is 0 Å². The SMILES string of the molecule is CC[C@@H](C)NC[C@@H](O)c1ccc2c(c1)CCCC2. The maximum absolute atomic E-state index is 10.2. The molecule has 2 nitrogen and oxygen atoms in total. The van der Waals surface area contributed by atoms with Gasteiger partial charge in [-0.3, -0.25) is 0 Å². The molecule has 1 aromatic rings. The van der Waals surface area contributed by atoms with E-state index in [1.807, 2.05) is 0 Å². The standard InChI is InChI=1S/C16H25NO/c1-3-12(2)17-11-16(18)15-9-8-13-6-4-5-7-14(13)10-15/h8-10,12,16-18H,3-7,11H2,1-2H3/t12-,16-/m1/s1. The molecule has 0 amide bonds. The molecule has 0 aliphatic heterocycles. The zero-order valence-corrected chi connectivity index (χ0v) is 11.6. The van der Waals surface area contributed by atoms with Crippen LogP contribution in [0, 0.1) is 0 Å². The predicted molar refractivity (Wildman–Crippen MR) is 75.8 cm³/mol. The van der Waals surface area contributed by atoms with E-state index in [0.717, 1.165) is 12.0 Å². The highest BCUT2D eigenvalue weighted by Gasteiger charge is 2.13. The first-order valence-corrected chi connectivity index (χ1v) is 7.24. The molecule has 0 bridgehead atoms. The minimum Gasteiger partial charge on any atom is -0.387 e. The van der Waals surface area contributed by atoms with Crippen LogP contribution in [-0.4, -0.2) is 17.7 Å². The van der Waals surface area contributed by atoms with Crippen molar-refractivity contribution in [2.45, 2.75) is 58.1 Å². The second-order valence-electron chi connectivity index (χ2n) is 5.47. The first-order valence-electron chi connectivity index (χ1n) is 7.24. The molecule has 0 saturated heterocycles. The first kappa shape index (κ1) is 13.6. The molecule has 100 valence electrons. The molecule has 2 rings (SSSR count). The van der Waals surface area contributed by atoms with Crippen LogP contribution < -0.4 is 5.32 Å². The molecule has 18 heavy (non-hydrogen) atoms. The number of aliphatic hydroxyl groups is 1. The van der Waals surface area contributed by atoms with Crippen LogP contribution in [0.5, 0.6) is 0 Å². The molecule has 2 atom stereocenters. The highest BCUT2D eigenvalue weighted by molar-refractivity contribution is 5.34. The summed E-state index contributed by atoms with van der Waals surface area (Å²) in [6.45, 7) is 4.95. The largest absolute Gasteiger partial charge is 0.387 e. The zero-order chi connectivity index (χ0) is 13.0. The van der Waals surface area contributed by atoms with Crippen molar-refractivity contribution in [2.24, 2.45) is 0 Å². The van der Waals surface area contributed by atoms with E-state index in [1.165, 1.54) is 36.8 Å². The van der Waals surface area contributed by atoms with Crippen molar-refractivity contribution in [3.05, 3.63) is 34.9 Å². The molecule has 1 aromatic carbocycles. The molecule has 2 N–H and O–H groups in total. The monoisotopic (exact) mass is 247 g/mol. The molecule has 0 spiro atoms. The Hall–Kier alpha value is -0.860. The van der Waals surface area contributed by atoms with Gasteiger partial charge in [-0.15, -0.1) is 0 Å². The molecule has 0 heterocycles. The van der Waals surface area contributed by atoms with Crippen LogP contribution >= 0.6 is 0 Å². The number of hydrogen-bond acceptors (Lipinski definition) is 2. The summed E-state index contributed by atoms with van der Waals surface area (Å²) in [7, 11) is 0. The summed E-state index contributed by atoms with van der Waals surface area (Å²) in [5.74, 6) is 0. The van der Waals surface area contributed by atoms with Gasteiger partial charge in [0.1, 0.15) is 0 Å². The summed E-state index contributed by atoms with van der Waals surface area (Å²) >= 11 is 0. The van der Waals surface area contributed by atoms with Gasteiger partial charge in [-0.05, 0) is 55.7 Å². The third-order valence-electron chi connectivity index (χ3n) is 4.03. The molecular weight excluding hydrogens is 222 g/mol. The number of benzene rings is 1. The van der Waals surface area contributed by atoms with E-state index in [4.69, 9.17) is 0 Å². The van der Waals surface area contributed by atoms with Crippen molar-refractivity contribution in [1.29, 1.82) is 0 Å². The van der Waals surface area contributed by atoms with Crippen molar-refractivity contribution in [3.63, 3.8) is 0 Å². The average molecular weight is 247 g/mol. The number of aliphatic hydroxyl groups excluding tert-OH is 1. The number of hydrogen-bond donors (Lipinski definition) is 2. The third kappa shape index (κ3) is 3.33. The third-order valence-corrected chi connectivity index (χ3v) is 4.03. The Morgan fingerprint density at radius 3 is 2.67 bits per heavy atom. The molecule has 0 radical (unpaired) electrons. The van der Waals surface area contributed by atoms with Gasteiger partial charge in [-0.25, -0.2) is 0 Å². The van der Waals surface area contributed by atoms with Crippen LogP contribution in [-0.2, 0) is 12.8 Å². The predicted octanol–water partition coefficient (Wildman–Crippen LogP) is 2.99. The zero-order valence-electron chi connectivity index (χ0n) is 11.6. The molecule has 0 aromatic heterocycles. The van der Waals surface area contributed by atoms with E-state index >= 15 is 0 Å². The maximum Gasteiger partial charge on any atom is 0.0914 e. The van der Waals surface area contributed by atoms with Gasteiger partial charge in [0.25, 0.3) is 0 Å². The summed E-state index contributed by atoms with van der Waals surface area (Å²) in [6, 6.07) is 6.97. The van der Waals surface area contributed by atoms with E-state index in [9.17, 15) is 5.11 Å². The Labute approximate surface area is 110 Å². The van der Waals surface area contributed by atoms with Gasteiger partial charge in [-0.2, -0.15) is 0 Å². The lowest BCUT2D eigenvalue weighted by molar-refractivity contribution is 0.170. The molecular formula is C16H25NO. The lowest BCUT2D eigenvalue weighted by atomic mass is 9.89. The smallest absolute Gasteiger partial charge is 0.0914 e.